The number of thioether (sulfide) groups is 1. The van der Waals surface area contributed by atoms with Gasteiger partial charge < -0.3 is 4.90 Å². The van der Waals surface area contributed by atoms with E-state index in [-0.39, 0.29) is 5.91 Å². The Balaban J connectivity index is 2.69. The summed E-state index contributed by atoms with van der Waals surface area (Å²) in [5.41, 5.74) is 2.22. The standard InChI is InChI=1S/C14H25NOS/c1-6-9-17-14-12(5)11(4)13(16)15(14)8-7-10(2)3/h10,14H,6-9H2,1-5H3. The van der Waals surface area contributed by atoms with Crippen LogP contribution in [-0.2, 0) is 4.79 Å². The van der Waals surface area contributed by atoms with Crippen LogP contribution < -0.4 is 0 Å². The van der Waals surface area contributed by atoms with Gasteiger partial charge in [-0.1, -0.05) is 20.8 Å². The molecule has 0 spiro atoms. The van der Waals surface area contributed by atoms with Crippen LogP contribution in [0.2, 0.25) is 0 Å². The van der Waals surface area contributed by atoms with Crippen molar-refractivity contribution in [3.63, 3.8) is 0 Å². The number of carbonyl (C=O) groups is 1. The van der Waals surface area contributed by atoms with Crippen molar-refractivity contribution in [3.05, 3.63) is 11.1 Å². The molecule has 98 valence electrons. The van der Waals surface area contributed by atoms with E-state index in [1.807, 2.05) is 18.7 Å². The first kappa shape index (κ1) is 14.6. The maximum atomic E-state index is 12.2. The predicted octanol–water partition coefficient (Wildman–Crippen LogP) is 3.68. The average Bonchev–Trinajstić information content (AvgIpc) is 2.48. The fraction of sp³-hybridized carbons (Fsp3) is 0.786. The predicted molar refractivity (Wildman–Crippen MR) is 76.1 cm³/mol. The molecule has 0 aliphatic carbocycles. The molecule has 0 aromatic heterocycles. The van der Waals surface area contributed by atoms with Gasteiger partial charge >= 0.3 is 0 Å². The van der Waals surface area contributed by atoms with Crippen molar-refractivity contribution in [1.29, 1.82) is 0 Å². The first-order chi connectivity index (χ1) is 7.99. The second-order valence-electron chi connectivity index (χ2n) is 5.21. The van der Waals surface area contributed by atoms with Gasteiger partial charge in [0.25, 0.3) is 5.91 Å². The molecule has 17 heavy (non-hydrogen) atoms. The Morgan fingerprint density at radius 2 is 2.00 bits per heavy atom. The highest BCUT2D eigenvalue weighted by molar-refractivity contribution is 8.00. The molecule has 0 saturated carbocycles. The lowest BCUT2D eigenvalue weighted by Crippen LogP contribution is -2.35. The molecule has 0 radical (unpaired) electrons. The van der Waals surface area contributed by atoms with E-state index in [0.29, 0.717) is 11.3 Å². The molecule has 1 amide bonds. The third-order valence-corrected chi connectivity index (χ3v) is 4.82. The summed E-state index contributed by atoms with van der Waals surface area (Å²) >= 11 is 1.91. The van der Waals surface area contributed by atoms with Gasteiger partial charge in [0.15, 0.2) is 0 Å². The largest absolute Gasteiger partial charge is 0.323 e. The molecule has 0 aromatic carbocycles. The molecule has 0 fully saturated rings. The van der Waals surface area contributed by atoms with Crippen LogP contribution in [0.15, 0.2) is 11.1 Å². The van der Waals surface area contributed by atoms with Crippen molar-refractivity contribution >= 4 is 17.7 Å². The molecular weight excluding hydrogens is 230 g/mol. The zero-order chi connectivity index (χ0) is 13.0. The molecule has 1 rings (SSSR count). The summed E-state index contributed by atoms with van der Waals surface area (Å²) in [5, 5.41) is 0.293. The van der Waals surface area contributed by atoms with Crippen molar-refractivity contribution in [2.75, 3.05) is 12.3 Å². The van der Waals surface area contributed by atoms with Crippen molar-refractivity contribution in [3.8, 4) is 0 Å². The van der Waals surface area contributed by atoms with E-state index in [4.69, 9.17) is 0 Å². The lowest BCUT2D eigenvalue weighted by atomic mass is 10.1. The molecule has 0 bridgehead atoms. The van der Waals surface area contributed by atoms with Crippen LogP contribution in [0, 0.1) is 5.92 Å². The zero-order valence-corrected chi connectivity index (χ0v) is 12.6. The summed E-state index contributed by atoms with van der Waals surface area (Å²) in [6, 6.07) is 0. The Kier molecular flexibility index (Phi) is 5.57. The van der Waals surface area contributed by atoms with E-state index in [9.17, 15) is 4.79 Å². The summed E-state index contributed by atoms with van der Waals surface area (Å²) < 4.78 is 0. The Labute approximate surface area is 110 Å². The minimum atomic E-state index is 0.247. The Morgan fingerprint density at radius 3 is 2.53 bits per heavy atom. The Morgan fingerprint density at radius 1 is 1.35 bits per heavy atom. The fourth-order valence-electron chi connectivity index (χ4n) is 1.97. The van der Waals surface area contributed by atoms with Gasteiger partial charge in [0, 0.05) is 12.1 Å². The summed E-state index contributed by atoms with van der Waals surface area (Å²) in [7, 11) is 0. The quantitative estimate of drug-likeness (QED) is 0.721. The van der Waals surface area contributed by atoms with Crippen LogP contribution in [0.25, 0.3) is 0 Å². The molecule has 3 heteroatoms. The van der Waals surface area contributed by atoms with Gasteiger partial charge in [-0.2, -0.15) is 0 Å². The number of carbonyl (C=O) groups excluding carboxylic acids is 1. The summed E-state index contributed by atoms with van der Waals surface area (Å²) in [6.45, 7) is 11.6. The monoisotopic (exact) mass is 255 g/mol. The molecule has 0 N–H and O–H groups in total. The van der Waals surface area contributed by atoms with E-state index in [2.05, 4.69) is 32.6 Å². The van der Waals surface area contributed by atoms with Gasteiger partial charge in [0.2, 0.25) is 0 Å². The second kappa shape index (κ2) is 6.48. The maximum absolute atomic E-state index is 12.2. The highest BCUT2D eigenvalue weighted by Gasteiger charge is 2.34. The topological polar surface area (TPSA) is 20.3 Å². The van der Waals surface area contributed by atoms with E-state index in [1.54, 1.807) is 0 Å². The third-order valence-electron chi connectivity index (χ3n) is 3.25. The number of amides is 1. The minimum Gasteiger partial charge on any atom is -0.323 e. The molecule has 1 atom stereocenters. The van der Waals surface area contributed by atoms with Crippen molar-refractivity contribution in [2.24, 2.45) is 5.92 Å². The molecule has 1 unspecified atom stereocenters. The number of nitrogens with zero attached hydrogens (tertiary/aromatic N) is 1. The van der Waals surface area contributed by atoms with Gasteiger partial charge in [-0.15, -0.1) is 11.8 Å². The summed E-state index contributed by atoms with van der Waals surface area (Å²) in [4.78, 5) is 14.2. The molecule has 2 nitrogen and oxygen atoms in total. The van der Waals surface area contributed by atoms with Crippen LogP contribution in [0.1, 0.15) is 47.5 Å². The highest BCUT2D eigenvalue weighted by atomic mass is 32.2. The van der Waals surface area contributed by atoms with Gasteiger partial charge in [-0.3, -0.25) is 4.79 Å². The molecule has 0 saturated heterocycles. The molecular formula is C14H25NOS. The SMILES string of the molecule is CCCSC1C(C)=C(C)C(=O)N1CCC(C)C. The average molecular weight is 255 g/mol. The van der Waals surface area contributed by atoms with Crippen molar-refractivity contribution in [1.82, 2.24) is 4.90 Å². The van der Waals surface area contributed by atoms with E-state index >= 15 is 0 Å². The first-order valence-corrected chi connectivity index (χ1v) is 7.63. The fourth-order valence-corrected chi connectivity index (χ4v) is 3.24. The second-order valence-corrected chi connectivity index (χ2v) is 6.40. The Hall–Kier alpha value is -0.440. The van der Waals surface area contributed by atoms with Crippen LogP contribution in [-0.4, -0.2) is 28.5 Å². The van der Waals surface area contributed by atoms with E-state index in [0.717, 1.165) is 24.3 Å². The minimum absolute atomic E-state index is 0.247. The van der Waals surface area contributed by atoms with Crippen LogP contribution >= 0.6 is 11.8 Å². The summed E-state index contributed by atoms with van der Waals surface area (Å²) in [5.74, 6) is 2.03. The van der Waals surface area contributed by atoms with Gasteiger partial charge in [-0.25, -0.2) is 0 Å². The van der Waals surface area contributed by atoms with Gasteiger partial charge in [0.05, 0.1) is 5.37 Å². The number of hydrogen-bond acceptors (Lipinski definition) is 2. The lowest BCUT2D eigenvalue weighted by Gasteiger charge is -2.26. The van der Waals surface area contributed by atoms with Crippen molar-refractivity contribution in [2.45, 2.75) is 52.8 Å². The van der Waals surface area contributed by atoms with Gasteiger partial charge in [-0.05, 0) is 43.9 Å². The van der Waals surface area contributed by atoms with Crippen LogP contribution in [0.3, 0.4) is 0 Å². The molecule has 1 heterocycles. The smallest absolute Gasteiger partial charge is 0.250 e. The normalized spacial score (nSPS) is 20.9. The molecule has 1 aliphatic rings. The first-order valence-electron chi connectivity index (χ1n) is 6.59. The highest BCUT2D eigenvalue weighted by Crippen LogP contribution is 2.33. The van der Waals surface area contributed by atoms with Crippen LogP contribution in [0.4, 0.5) is 0 Å². The third kappa shape index (κ3) is 3.51. The number of rotatable bonds is 6. The van der Waals surface area contributed by atoms with E-state index < -0.39 is 0 Å². The van der Waals surface area contributed by atoms with Crippen LogP contribution in [0.5, 0.6) is 0 Å². The van der Waals surface area contributed by atoms with E-state index in [1.165, 1.54) is 12.0 Å². The van der Waals surface area contributed by atoms with Crippen molar-refractivity contribution < 1.29 is 4.79 Å². The lowest BCUT2D eigenvalue weighted by molar-refractivity contribution is -0.126. The van der Waals surface area contributed by atoms with Gasteiger partial charge in [0.1, 0.15) is 0 Å². The summed E-state index contributed by atoms with van der Waals surface area (Å²) in [6.07, 6.45) is 2.26. The molecule has 1 aliphatic heterocycles. The molecule has 0 aromatic rings. The zero-order valence-electron chi connectivity index (χ0n) is 11.7. The maximum Gasteiger partial charge on any atom is 0.250 e. The Bertz CT molecular complexity index is 309. The number of hydrogen-bond donors (Lipinski definition) is 0.